The molecule has 0 heterocycles. The molecular weight excluding hydrogens is 268 g/mol. The van der Waals surface area contributed by atoms with Gasteiger partial charge in [-0.3, -0.25) is 0 Å². The molecule has 0 spiro atoms. The number of nitrogens with one attached hydrogen (secondary N) is 1. The van der Waals surface area contributed by atoms with Crippen molar-refractivity contribution in [3.05, 3.63) is 29.3 Å². The topological polar surface area (TPSA) is 61.8 Å². The highest BCUT2D eigenvalue weighted by Gasteiger charge is 2.09. The molecule has 0 fully saturated rings. The van der Waals surface area contributed by atoms with Crippen LogP contribution < -0.4 is 10.1 Å². The molecule has 0 saturated heterocycles. The largest absolute Gasteiger partial charge is 0.493 e. The second kappa shape index (κ2) is 9.23. The van der Waals surface area contributed by atoms with Crippen LogP contribution in [0.5, 0.6) is 5.75 Å². The van der Waals surface area contributed by atoms with Gasteiger partial charge in [0, 0.05) is 19.6 Å². The SMILES string of the molecule is CCN(CCO)C(=O)NCCCOc1c(C)cccc1C. The van der Waals surface area contributed by atoms with Crippen molar-refractivity contribution < 1.29 is 14.6 Å². The van der Waals surface area contributed by atoms with E-state index in [1.807, 2.05) is 39.0 Å². The quantitative estimate of drug-likeness (QED) is 0.722. The fraction of sp³-hybridized carbons (Fsp3) is 0.562. The number of likely N-dealkylation sites (N-methyl/N-ethyl adjacent to an activating group) is 1. The van der Waals surface area contributed by atoms with E-state index < -0.39 is 0 Å². The van der Waals surface area contributed by atoms with Crippen molar-refractivity contribution in [3.63, 3.8) is 0 Å². The molecule has 0 atom stereocenters. The summed E-state index contributed by atoms with van der Waals surface area (Å²) in [5, 5.41) is 11.7. The van der Waals surface area contributed by atoms with Crippen molar-refractivity contribution in [2.45, 2.75) is 27.2 Å². The maximum atomic E-state index is 11.8. The van der Waals surface area contributed by atoms with Gasteiger partial charge in [-0.1, -0.05) is 18.2 Å². The molecule has 118 valence electrons. The van der Waals surface area contributed by atoms with Crippen LogP contribution in [-0.4, -0.2) is 48.9 Å². The van der Waals surface area contributed by atoms with E-state index >= 15 is 0 Å². The van der Waals surface area contributed by atoms with Crippen LogP contribution in [0.1, 0.15) is 24.5 Å². The summed E-state index contributed by atoms with van der Waals surface area (Å²) in [6.07, 6.45) is 0.746. The van der Waals surface area contributed by atoms with Crippen LogP contribution in [0.25, 0.3) is 0 Å². The number of benzene rings is 1. The third-order valence-electron chi connectivity index (χ3n) is 3.29. The van der Waals surface area contributed by atoms with Gasteiger partial charge in [0.15, 0.2) is 0 Å². The summed E-state index contributed by atoms with van der Waals surface area (Å²) in [5.41, 5.74) is 2.25. The maximum Gasteiger partial charge on any atom is 0.317 e. The first-order valence-corrected chi connectivity index (χ1v) is 7.42. The predicted octanol–water partition coefficient (Wildman–Crippen LogP) is 2.10. The van der Waals surface area contributed by atoms with Crippen molar-refractivity contribution in [1.82, 2.24) is 10.2 Å². The van der Waals surface area contributed by atoms with E-state index in [2.05, 4.69) is 5.32 Å². The van der Waals surface area contributed by atoms with Crippen molar-refractivity contribution in [2.75, 3.05) is 32.8 Å². The summed E-state index contributed by atoms with van der Waals surface area (Å²) >= 11 is 0. The first-order chi connectivity index (χ1) is 10.1. The molecule has 21 heavy (non-hydrogen) atoms. The minimum absolute atomic E-state index is 0.0169. The number of hydrogen-bond donors (Lipinski definition) is 2. The zero-order valence-corrected chi connectivity index (χ0v) is 13.2. The highest BCUT2D eigenvalue weighted by molar-refractivity contribution is 5.74. The lowest BCUT2D eigenvalue weighted by Crippen LogP contribution is -2.41. The number of hydrogen-bond acceptors (Lipinski definition) is 3. The van der Waals surface area contributed by atoms with E-state index in [-0.39, 0.29) is 12.6 Å². The van der Waals surface area contributed by atoms with Crippen LogP contribution in [-0.2, 0) is 0 Å². The van der Waals surface area contributed by atoms with Gasteiger partial charge in [-0.15, -0.1) is 0 Å². The number of nitrogens with zero attached hydrogens (tertiary/aromatic N) is 1. The Kier molecular flexibility index (Phi) is 7.61. The van der Waals surface area contributed by atoms with E-state index in [0.29, 0.717) is 26.2 Å². The fourth-order valence-electron chi connectivity index (χ4n) is 2.10. The van der Waals surface area contributed by atoms with Gasteiger partial charge in [0.25, 0.3) is 0 Å². The van der Waals surface area contributed by atoms with E-state index in [1.54, 1.807) is 4.90 Å². The van der Waals surface area contributed by atoms with Crippen LogP contribution in [0.2, 0.25) is 0 Å². The molecule has 0 unspecified atom stereocenters. The lowest BCUT2D eigenvalue weighted by molar-refractivity contribution is 0.179. The number of ether oxygens (including phenoxy) is 1. The van der Waals surface area contributed by atoms with Crippen molar-refractivity contribution in [3.8, 4) is 5.75 Å². The molecule has 0 bridgehead atoms. The molecule has 2 amide bonds. The van der Waals surface area contributed by atoms with E-state index in [0.717, 1.165) is 23.3 Å². The summed E-state index contributed by atoms with van der Waals surface area (Å²) in [6, 6.07) is 5.92. The Morgan fingerprint density at radius 1 is 1.33 bits per heavy atom. The molecule has 2 N–H and O–H groups in total. The van der Waals surface area contributed by atoms with Crippen LogP contribution in [0.4, 0.5) is 4.79 Å². The Hall–Kier alpha value is -1.75. The molecule has 5 nitrogen and oxygen atoms in total. The average molecular weight is 294 g/mol. The number of aryl methyl sites for hydroxylation is 2. The zero-order valence-electron chi connectivity index (χ0n) is 13.2. The summed E-state index contributed by atoms with van der Waals surface area (Å²) in [6.45, 7) is 8.00. The van der Waals surface area contributed by atoms with E-state index in [4.69, 9.17) is 9.84 Å². The number of aliphatic hydroxyl groups excluding tert-OH is 1. The Morgan fingerprint density at radius 2 is 2.00 bits per heavy atom. The minimum atomic E-state index is -0.140. The van der Waals surface area contributed by atoms with Crippen LogP contribution in [0.3, 0.4) is 0 Å². The molecule has 0 aromatic heterocycles. The molecule has 0 saturated carbocycles. The predicted molar refractivity (Wildman–Crippen MR) is 83.8 cm³/mol. The van der Waals surface area contributed by atoms with Crippen LogP contribution in [0.15, 0.2) is 18.2 Å². The van der Waals surface area contributed by atoms with Gasteiger partial charge in [0.2, 0.25) is 0 Å². The Morgan fingerprint density at radius 3 is 2.57 bits per heavy atom. The number of amides is 2. The van der Waals surface area contributed by atoms with Gasteiger partial charge in [-0.05, 0) is 38.3 Å². The third kappa shape index (κ3) is 5.63. The van der Waals surface area contributed by atoms with Crippen molar-refractivity contribution in [2.24, 2.45) is 0 Å². The molecule has 1 rings (SSSR count). The highest BCUT2D eigenvalue weighted by Crippen LogP contribution is 2.22. The number of carbonyl (C=O) groups excluding carboxylic acids is 1. The van der Waals surface area contributed by atoms with Gasteiger partial charge >= 0.3 is 6.03 Å². The maximum absolute atomic E-state index is 11.8. The van der Waals surface area contributed by atoms with Crippen molar-refractivity contribution in [1.29, 1.82) is 0 Å². The Balaban J connectivity index is 2.27. The first-order valence-electron chi connectivity index (χ1n) is 7.42. The standard InChI is InChI=1S/C16H26N2O3/c1-4-18(10-11-19)16(20)17-9-6-12-21-15-13(2)7-5-8-14(15)3/h5,7-8,19H,4,6,9-12H2,1-3H3,(H,17,20). The zero-order chi connectivity index (χ0) is 15.7. The van der Waals surface area contributed by atoms with Crippen molar-refractivity contribution >= 4 is 6.03 Å². The molecule has 1 aromatic rings. The molecule has 0 aliphatic carbocycles. The van der Waals surface area contributed by atoms with Crippen LogP contribution >= 0.6 is 0 Å². The molecule has 0 radical (unpaired) electrons. The molecule has 1 aromatic carbocycles. The van der Waals surface area contributed by atoms with Gasteiger partial charge in [0.1, 0.15) is 5.75 Å². The fourth-order valence-corrected chi connectivity index (χ4v) is 2.10. The Labute approximate surface area is 126 Å². The third-order valence-corrected chi connectivity index (χ3v) is 3.29. The number of urea groups is 1. The summed E-state index contributed by atoms with van der Waals surface area (Å²) in [7, 11) is 0. The van der Waals surface area contributed by atoms with Gasteiger partial charge in [0.05, 0.1) is 13.2 Å². The second-order valence-corrected chi connectivity index (χ2v) is 4.96. The van der Waals surface area contributed by atoms with E-state index in [9.17, 15) is 4.79 Å². The van der Waals surface area contributed by atoms with Gasteiger partial charge in [-0.2, -0.15) is 0 Å². The lowest BCUT2D eigenvalue weighted by atomic mass is 10.1. The number of rotatable bonds is 8. The Bertz CT molecular complexity index is 429. The lowest BCUT2D eigenvalue weighted by Gasteiger charge is -2.20. The monoisotopic (exact) mass is 294 g/mol. The molecule has 5 heteroatoms. The number of aliphatic hydroxyl groups is 1. The van der Waals surface area contributed by atoms with Gasteiger partial charge in [-0.25, -0.2) is 4.79 Å². The van der Waals surface area contributed by atoms with Gasteiger partial charge < -0.3 is 20.1 Å². The molecule has 0 aliphatic heterocycles. The summed E-state index contributed by atoms with van der Waals surface area (Å²) in [5.74, 6) is 0.930. The summed E-state index contributed by atoms with van der Waals surface area (Å²) in [4.78, 5) is 13.3. The second-order valence-electron chi connectivity index (χ2n) is 4.96. The number of carbonyl (C=O) groups is 1. The molecule has 0 aliphatic rings. The number of para-hydroxylation sites is 1. The highest BCUT2D eigenvalue weighted by atomic mass is 16.5. The summed E-state index contributed by atoms with van der Waals surface area (Å²) < 4.78 is 5.78. The smallest absolute Gasteiger partial charge is 0.317 e. The average Bonchev–Trinajstić information content (AvgIpc) is 2.46. The molecular formula is C16H26N2O3. The first kappa shape index (κ1) is 17.3. The van der Waals surface area contributed by atoms with Crippen LogP contribution in [0, 0.1) is 13.8 Å². The minimum Gasteiger partial charge on any atom is -0.493 e. The van der Waals surface area contributed by atoms with E-state index in [1.165, 1.54) is 0 Å². The normalized spacial score (nSPS) is 10.3.